The molecule has 0 fully saturated rings. The van der Waals surface area contributed by atoms with Gasteiger partial charge in [0.2, 0.25) is 0 Å². The minimum atomic E-state index is -3.00. The fourth-order valence-corrected chi connectivity index (χ4v) is 2.35. The summed E-state index contributed by atoms with van der Waals surface area (Å²) in [5.74, 6) is 0.735. The molecule has 148 valence electrons. The molecule has 0 aliphatic carbocycles. The van der Waals surface area contributed by atoms with E-state index >= 15 is 0 Å². The largest absolute Gasteiger partial charge is 0.489 e. The highest BCUT2D eigenvalue weighted by atomic mass is 32.2. The van der Waals surface area contributed by atoms with E-state index in [0.29, 0.717) is 38.0 Å². The Balaban J connectivity index is 2.35. The van der Waals surface area contributed by atoms with Gasteiger partial charge in [0.1, 0.15) is 27.5 Å². The Hall–Kier alpha value is -1.87. The molecule has 0 aliphatic heterocycles. The number of nitrogens with zero attached hydrogens (tertiary/aromatic N) is 1. The topological polar surface area (TPSA) is 89.0 Å². The van der Waals surface area contributed by atoms with Crippen LogP contribution in [0.15, 0.2) is 29.3 Å². The molecule has 1 unspecified atom stereocenters. The van der Waals surface area contributed by atoms with E-state index in [1.807, 2.05) is 13.8 Å². The van der Waals surface area contributed by atoms with Crippen LogP contribution < -0.4 is 15.4 Å². The minimum Gasteiger partial charge on any atom is -0.489 e. The number of ether oxygens (including phenoxy) is 2. The summed E-state index contributed by atoms with van der Waals surface area (Å²) in [5, 5.41) is 6.19. The molecule has 26 heavy (non-hydrogen) atoms. The van der Waals surface area contributed by atoms with Crippen molar-refractivity contribution in [3.8, 4) is 5.75 Å². The third kappa shape index (κ3) is 10.9. The van der Waals surface area contributed by atoms with Crippen LogP contribution in [0.4, 0.5) is 4.39 Å². The fraction of sp³-hybridized carbons (Fsp3) is 0.588. The molecule has 0 aliphatic rings. The van der Waals surface area contributed by atoms with Crippen LogP contribution in [0.25, 0.3) is 0 Å². The van der Waals surface area contributed by atoms with E-state index in [2.05, 4.69) is 15.6 Å². The van der Waals surface area contributed by atoms with Crippen molar-refractivity contribution in [3.63, 3.8) is 0 Å². The zero-order valence-electron chi connectivity index (χ0n) is 15.5. The second-order valence-corrected chi connectivity index (χ2v) is 8.03. The van der Waals surface area contributed by atoms with Gasteiger partial charge in [0, 0.05) is 25.4 Å². The molecule has 1 aromatic carbocycles. The van der Waals surface area contributed by atoms with Crippen molar-refractivity contribution in [2.24, 2.45) is 4.99 Å². The second kappa shape index (κ2) is 11.7. The van der Waals surface area contributed by atoms with Crippen LogP contribution in [-0.2, 0) is 14.6 Å². The third-order valence-electron chi connectivity index (χ3n) is 3.12. The molecule has 1 rings (SSSR count). The van der Waals surface area contributed by atoms with Crippen LogP contribution >= 0.6 is 0 Å². The van der Waals surface area contributed by atoms with Gasteiger partial charge in [0.15, 0.2) is 5.96 Å². The van der Waals surface area contributed by atoms with E-state index in [9.17, 15) is 12.8 Å². The molecule has 1 aromatic rings. The normalized spacial score (nSPS) is 13.3. The van der Waals surface area contributed by atoms with Crippen molar-refractivity contribution >= 4 is 15.8 Å². The van der Waals surface area contributed by atoms with Gasteiger partial charge in [0.25, 0.3) is 0 Å². The maximum atomic E-state index is 13.2. The number of rotatable bonds is 11. The first-order valence-electron chi connectivity index (χ1n) is 8.50. The number of nitrogens with one attached hydrogen (secondary N) is 2. The Labute approximate surface area is 154 Å². The summed E-state index contributed by atoms with van der Waals surface area (Å²) in [6, 6.07) is 5.98. The number of benzene rings is 1. The monoisotopic (exact) mass is 389 g/mol. The van der Waals surface area contributed by atoms with Crippen LogP contribution in [-0.4, -0.2) is 65.3 Å². The smallest absolute Gasteiger partial charge is 0.191 e. The van der Waals surface area contributed by atoms with E-state index in [1.54, 1.807) is 12.1 Å². The van der Waals surface area contributed by atoms with Crippen LogP contribution in [0, 0.1) is 5.82 Å². The predicted molar refractivity (Wildman–Crippen MR) is 101 cm³/mol. The molecule has 9 heteroatoms. The first-order chi connectivity index (χ1) is 12.3. The average molecular weight is 389 g/mol. The van der Waals surface area contributed by atoms with E-state index in [4.69, 9.17) is 9.47 Å². The van der Waals surface area contributed by atoms with Crippen molar-refractivity contribution in [1.82, 2.24) is 10.6 Å². The Morgan fingerprint density at radius 1 is 1.31 bits per heavy atom. The van der Waals surface area contributed by atoms with Gasteiger partial charge in [-0.25, -0.2) is 17.8 Å². The summed E-state index contributed by atoms with van der Waals surface area (Å²) < 4.78 is 46.0. The lowest BCUT2D eigenvalue weighted by Crippen LogP contribution is -2.39. The first kappa shape index (κ1) is 22.2. The molecule has 0 amide bonds. The van der Waals surface area contributed by atoms with Gasteiger partial charge in [-0.3, -0.25) is 0 Å². The van der Waals surface area contributed by atoms with Crippen LogP contribution in [0.2, 0.25) is 0 Å². The molecular weight excluding hydrogens is 361 g/mol. The molecule has 7 nitrogen and oxygen atoms in total. The quantitative estimate of drug-likeness (QED) is 0.336. The van der Waals surface area contributed by atoms with Crippen molar-refractivity contribution in [3.05, 3.63) is 30.1 Å². The second-order valence-electron chi connectivity index (χ2n) is 5.77. The fourth-order valence-electron chi connectivity index (χ4n) is 1.93. The van der Waals surface area contributed by atoms with E-state index in [-0.39, 0.29) is 24.3 Å². The summed E-state index contributed by atoms with van der Waals surface area (Å²) in [6.07, 6.45) is 0.954. The van der Waals surface area contributed by atoms with Gasteiger partial charge in [-0.2, -0.15) is 0 Å². The SMILES string of the molecule is CCNC(=NCC(C)Oc1cccc(F)c1)NCCOCCS(C)(=O)=O. The third-order valence-corrected chi connectivity index (χ3v) is 4.03. The summed E-state index contributed by atoms with van der Waals surface area (Å²) >= 11 is 0. The van der Waals surface area contributed by atoms with Crippen molar-refractivity contribution in [2.45, 2.75) is 20.0 Å². The van der Waals surface area contributed by atoms with Crippen LogP contribution in [0.3, 0.4) is 0 Å². The number of sulfone groups is 1. The highest BCUT2D eigenvalue weighted by Gasteiger charge is 2.06. The van der Waals surface area contributed by atoms with Gasteiger partial charge >= 0.3 is 0 Å². The van der Waals surface area contributed by atoms with Gasteiger partial charge < -0.3 is 20.1 Å². The minimum absolute atomic E-state index is 0.0100. The van der Waals surface area contributed by atoms with Crippen molar-refractivity contribution in [2.75, 3.05) is 44.9 Å². The van der Waals surface area contributed by atoms with Gasteiger partial charge in [-0.15, -0.1) is 0 Å². The number of hydrogen-bond acceptors (Lipinski definition) is 5. The summed E-state index contributed by atoms with van der Waals surface area (Å²) in [7, 11) is -3.00. The summed E-state index contributed by atoms with van der Waals surface area (Å²) in [4.78, 5) is 4.41. The molecule has 2 N–H and O–H groups in total. The van der Waals surface area contributed by atoms with Gasteiger partial charge in [0.05, 0.1) is 25.5 Å². The number of halogens is 1. The van der Waals surface area contributed by atoms with Gasteiger partial charge in [-0.1, -0.05) is 6.07 Å². The molecule has 0 heterocycles. The zero-order chi connectivity index (χ0) is 19.4. The molecular formula is C17H28FN3O4S. The molecule has 0 saturated heterocycles. The van der Waals surface area contributed by atoms with E-state index in [0.717, 1.165) is 0 Å². The average Bonchev–Trinajstić information content (AvgIpc) is 2.54. The maximum Gasteiger partial charge on any atom is 0.191 e. The lowest BCUT2D eigenvalue weighted by molar-refractivity contribution is 0.154. The van der Waals surface area contributed by atoms with Crippen molar-refractivity contribution < 1.29 is 22.3 Å². The zero-order valence-corrected chi connectivity index (χ0v) is 16.3. The molecule has 0 aromatic heterocycles. The van der Waals surface area contributed by atoms with Gasteiger partial charge in [-0.05, 0) is 26.0 Å². The Morgan fingerprint density at radius 2 is 2.08 bits per heavy atom. The highest BCUT2D eigenvalue weighted by Crippen LogP contribution is 2.13. The molecule has 0 saturated carbocycles. The molecule has 0 radical (unpaired) electrons. The number of aliphatic imine (C=N–C) groups is 1. The maximum absolute atomic E-state index is 13.2. The Bertz CT molecular complexity index is 668. The predicted octanol–water partition coefficient (Wildman–Crippen LogP) is 1.21. The summed E-state index contributed by atoms with van der Waals surface area (Å²) in [5.41, 5.74) is 0. The molecule has 1 atom stereocenters. The number of hydrogen-bond donors (Lipinski definition) is 2. The van der Waals surface area contributed by atoms with Crippen LogP contribution in [0.5, 0.6) is 5.75 Å². The van der Waals surface area contributed by atoms with E-state index < -0.39 is 9.84 Å². The number of guanidine groups is 1. The van der Waals surface area contributed by atoms with Crippen LogP contribution in [0.1, 0.15) is 13.8 Å². The summed E-state index contributed by atoms with van der Waals surface area (Å²) in [6.45, 7) is 5.93. The Kier molecular flexibility index (Phi) is 9.97. The van der Waals surface area contributed by atoms with E-state index in [1.165, 1.54) is 18.4 Å². The lowest BCUT2D eigenvalue weighted by Gasteiger charge is -2.15. The molecule has 0 spiro atoms. The standard InChI is InChI=1S/C17H28FN3O4S/c1-4-19-17(20-8-9-24-10-11-26(3,22)23)21-13-14(2)25-16-7-5-6-15(18)12-16/h5-7,12,14H,4,8-11,13H2,1-3H3,(H2,19,20,21). The first-order valence-corrected chi connectivity index (χ1v) is 10.6. The molecule has 0 bridgehead atoms. The highest BCUT2D eigenvalue weighted by molar-refractivity contribution is 7.90. The van der Waals surface area contributed by atoms with Crippen molar-refractivity contribution in [1.29, 1.82) is 0 Å². The Morgan fingerprint density at radius 3 is 2.73 bits per heavy atom. The lowest BCUT2D eigenvalue weighted by atomic mass is 10.3.